The zero-order valence-corrected chi connectivity index (χ0v) is 27.8. The second-order valence-electron chi connectivity index (χ2n) is 13.2. The number of fused-ring (bicyclic) bond motifs is 1. The second kappa shape index (κ2) is 15.5. The van der Waals surface area contributed by atoms with Crippen LogP contribution in [0.1, 0.15) is 56.5 Å². The molecule has 0 spiro atoms. The molecule has 4 heterocycles. The van der Waals surface area contributed by atoms with Crippen molar-refractivity contribution in [3.63, 3.8) is 0 Å². The highest BCUT2D eigenvalue weighted by Gasteiger charge is 2.43. The number of nitrogens with zero attached hydrogens (tertiary/aromatic N) is 3. The summed E-state index contributed by atoms with van der Waals surface area (Å²) in [6.07, 6.45) is -3.53. The Bertz CT molecular complexity index is 1630. The molecule has 50 heavy (non-hydrogen) atoms. The number of benzene rings is 2. The number of rotatable bonds is 8. The van der Waals surface area contributed by atoms with Gasteiger partial charge in [-0.1, -0.05) is 48.5 Å². The Morgan fingerprint density at radius 3 is 2.06 bits per heavy atom. The van der Waals surface area contributed by atoms with Crippen LogP contribution in [0.3, 0.4) is 0 Å². The number of hydrogen-bond donors (Lipinski definition) is 3. The zero-order valence-electron chi connectivity index (χ0n) is 27.8. The number of aliphatic carboxylic acids is 1. The quantitative estimate of drug-likeness (QED) is 0.320. The number of amides is 3. The molecule has 268 valence electrons. The summed E-state index contributed by atoms with van der Waals surface area (Å²) in [5.41, 5.74) is 3.89. The van der Waals surface area contributed by atoms with Crippen LogP contribution in [0.15, 0.2) is 71.3 Å². The van der Waals surface area contributed by atoms with Gasteiger partial charge in [0.2, 0.25) is 5.91 Å². The second-order valence-corrected chi connectivity index (χ2v) is 13.2. The molecule has 3 aliphatic heterocycles. The van der Waals surface area contributed by atoms with Crippen LogP contribution in [-0.2, 0) is 9.59 Å². The van der Waals surface area contributed by atoms with E-state index in [9.17, 15) is 32.7 Å². The fraction of sp³-hybridized carbons (Fsp3) is 0.444. The fourth-order valence-electron chi connectivity index (χ4n) is 7.16. The first-order valence-corrected chi connectivity index (χ1v) is 16.5. The first kappa shape index (κ1) is 36.6. The Balaban J connectivity index is 0.000000630. The van der Waals surface area contributed by atoms with E-state index in [0.717, 1.165) is 55.0 Å². The topological polar surface area (TPSA) is 144 Å². The molecule has 0 saturated carbocycles. The standard InChI is InChI=1S/C34H40N4O5.C2HF3O2/c1-22-8-6-9-23(2)31(22)34(42)37-19-25-17-36(18-26(25)20-37)14-13-28(24-10-4-3-5-11-24)35-32(40)29-16-27(39)21-38(29)33(41)30-12-7-15-43-30;3-2(4,5)1(6)7/h3-12,15,25-29,39H,13-14,16-21H2,1-2H3,(H,35,40);(H,6,7)/t25-,26?,27?,28?,29?;/m0./s1. The van der Waals surface area contributed by atoms with Crippen LogP contribution >= 0.6 is 0 Å². The van der Waals surface area contributed by atoms with Crippen molar-refractivity contribution in [3.05, 3.63) is 94.9 Å². The van der Waals surface area contributed by atoms with Crippen molar-refractivity contribution in [2.45, 2.75) is 51.1 Å². The first-order chi connectivity index (χ1) is 23.7. The molecule has 1 aromatic heterocycles. The van der Waals surface area contributed by atoms with Crippen LogP contribution in [-0.4, -0.2) is 106 Å². The van der Waals surface area contributed by atoms with Crippen molar-refractivity contribution in [1.82, 2.24) is 20.0 Å². The van der Waals surface area contributed by atoms with Gasteiger partial charge in [-0.2, -0.15) is 13.2 Å². The lowest BCUT2D eigenvalue weighted by Gasteiger charge is -2.28. The third-order valence-electron chi connectivity index (χ3n) is 9.61. The molecule has 3 fully saturated rings. The van der Waals surface area contributed by atoms with Gasteiger partial charge in [0.15, 0.2) is 5.76 Å². The first-order valence-electron chi connectivity index (χ1n) is 16.5. The number of carbonyl (C=O) groups excluding carboxylic acids is 3. The van der Waals surface area contributed by atoms with Gasteiger partial charge in [-0.25, -0.2) is 4.79 Å². The molecule has 4 unspecified atom stereocenters. The van der Waals surface area contributed by atoms with Crippen molar-refractivity contribution >= 4 is 23.7 Å². The normalized spacial score (nSPS) is 22.4. The average Bonchev–Trinajstić information content (AvgIpc) is 3.87. The summed E-state index contributed by atoms with van der Waals surface area (Å²) >= 11 is 0. The number of aliphatic hydroxyl groups is 1. The summed E-state index contributed by atoms with van der Waals surface area (Å²) in [5.74, 6) is -2.25. The number of halogens is 3. The van der Waals surface area contributed by atoms with Crippen LogP contribution < -0.4 is 5.32 Å². The van der Waals surface area contributed by atoms with Gasteiger partial charge >= 0.3 is 12.1 Å². The summed E-state index contributed by atoms with van der Waals surface area (Å²) < 4.78 is 37.0. The summed E-state index contributed by atoms with van der Waals surface area (Å²) in [6.45, 7) is 8.31. The Kier molecular flexibility index (Phi) is 11.3. The van der Waals surface area contributed by atoms with Gasteiger partial charge in [0.25, 0.3) is 11.8 Å². The van der Waals surface area contributed by atoms with Gasteiger partial charge in [-0.3, -0.25) is 14.4 Å². The lowest BCUT2D eigenvalue weighted by molar-refractivity contribution is -0.192. The lowest BCUT2D eigenvalue weighted by Crippen LogP contribution is -2.47. The molecule has 2 aromatic carbocycles. The van der Waals surface area contributed by atoms with Crippen molar-refractivity contribution < 1.29 is 47.0 Å². The molecule has 3 aliphatic rings. The minimum atomic E-state index is -5.08. The van der Waals surface area contributed by atoms with Crippen LogP contribution in [0, 0.1) is 25.7 Å². The monoisotopic (exact) mass is 698 g/mol. The Labute approximate surface area is 287 Å². The summed E-state index contributed by atoms with van der Waals surface area (Å²) in [5, 5.41) is 20.7. The molecule has 0 aliphatic carbocycles. The Hall–Kier alpha value is -4.69. The van der Waals surface area contributed by atoms with Gasteiger partial charge in [-0.15, -0.1) is 0 Å². The molecular formula is C36H41F3N4O7. The van der Waals surface area contributed by atoms with Crippen LogP contribution in [0.25, 0.3) is 0 Å². The number of furan rings is 1. The number of carboxylic acid groups (broad SMARTS) is 1. The molecule has 11 nitrogen and oxygen atoms in total. The lowest BCUT2D eigenvalue weighted by atomic mass is 10.0. The van der Waals surface area contributed by atoms with Gasteiger partial charge in [0.1, 0.15) is 6.04 Å². The van der Waals surface area contributed by atoms with E-state index in [0.29, 0.717) is 18.3 Å². The number of β-amino-alcohol motifs (C(OH)–C–C–N with tert-alkyl or cyclic N) is 1. The molecular weight excluding hydrogens is 657 g/mol. The molecule has 0 radical (unpaired) electrons. The molecule has 3 aromatic rings. The number of carboxylic acids is 1. The Morgan fingerprint density at radius 1 is 0.880 bits per heavy atom. The number of alkyl halides is 3. The van der Waals surface area contributed by atoms with E-state index in [1.165, 1.54) is 11.2 Å². The summed E-state index contributed by atoms with van der Waals surface area (Å²) in [4.78, 5) is 54.7. The number of likely N-dealkylation sites (tertiary alicyclic amines) is 3. The largest absolute Gasteiger partial charge is 0.490 e. The van der Waals surface area contributed by atoms with Gasteiger partial charge in [0.05, 0.1) is 18.4 Å². The SMILES string of the molecule is Cc1cccc(C)c1C(=O)N1CC2CN(CCC(NC(=O)C3CC(O)CN3C(=O)c3ccco3)c3ccccc3)C[C@H]2C1.O=C(O)C(F)(F)F. The maximum Gasteiger partial charge on any atom is 0.490 e. The zero-order chi connectivity index (χ0) is 36.2. The van der Waals surface area contributed by atoms with E-state index in [4.69, 9.17) is 14.3 Å². The average molecular weight is 699 g/mol. The maximum atomic E-state index is 13.6. The van der Waals surface area contributed by atoms with Crippen LogP contribution in [0.5, 0.6) is 0 Å². The van der Waals surface area contributed by atoms with E-state index in [1.54, 1.807) is 12.1 Å². The minimum Gasteiger partial charge on any atom is -0.475 e. The van der Waals surface area contributed by atoms with Gasteiger partial charge in [0, 0.05) is 51.3 Å². The third-order valence-corrected chi connectivity index (χ3v) is 9.61. The minimum absolute atomic E-state index is 0.0904. The molecule has 14 heteroatoms. The number of hydrogen-bond acceptors (Lipinski definition) is 7. The number of aliphatic hydroxyl groups excluding tert-OH is 1. The molecule has 6 rings (SSSR count). The number of aryl methyl sites for hydroxylation is 2. The number of carbonyl (C=O) groups is 4. The van der Waals surface area contributed by atoms with Crippen molar-refractivity contribution in [3.8, 4) is 0 Å². The predicted octanol–water partition coefficient (Wildman–Crippen LogP) is 4.06. The van der Waals surface area contributed by atoms with Crippen molar-refractivity contribution in [2.75, 3.05) is 39.3 Å². The highest BCUT2D eigenvalue weighted by Crippen LogP contribution is 2.33. The van der Waals surface area contributed by atoms with E-state index < -0.39 is 30.2 Å². The van der Waals surface area contributed by atoms with Crippen LogP contribution in [0.2, 0.25) is 0 Å². The summed E-state index contributed by atoms with van der Waals surface area (Å²) in [7, 11) is 0. The number of nitrogens with one attached hydrogen (secondary N) is 1. The smallest absolute Gasteiger partial charge is 0.475 e. The molecule has 0 bridgehead atoms. The fourth-order valence-corrected chi connectivity index (χ4v) is 7.16. The van der Waals surface area contributed by atoms with Crippen molar-refractivity contribution in [1.29, 1.82) is 0 Å². The Morgan fingerprint density at radius 2 is 1.50 bits per heavy atom. The van der Waals surface area contributed by atoms with E-state index in [2.05, 4.69) is 10.2 Å². The summed E-state index contributed by atoms with van der Waals surface area (Å²) in [6, 6.07) is 18.1. The van der Waals surface area contributed by atoms with Crippen LogP contribution in [0.4, 0.5) is 13.2 Å². The van der Waals surface area contributed by atoms with E-state index in [-0.39, 0.29) is 36.6 Å². The van der Waals surface area contributed by atoms with Gasteiger partial charge < -0.3 is 34.6 Å². The highest BCUT2D eigenvalue weighted by atomic mass is 19.4. The molecule has 3 N–H and O–H groups in total. The maximum absolute atomic E-state index is 13.6. The van der Waals surface area contributed by atoms with Gasteiger partial charge in [-0.05, 0) is 60.9 Å². The molecule has 3 saturated heterocycles. The predicted molar refractivity (Wildman–Crippen MR) is 175 cm³/mol. The highest BCUT2D eigenvalue weighted by molar-refractivity contribution is 5.97. The van der Waals surface area contributed by atoms with Crippen molar-refractivity contribution in [2.24, 2.45) is 11.8 Å². The van der Waals surface area contributed by atoms with E-state index in [1.807, 2.05) is 67.3 Å². The van der Waals surface area contributed by atoms with E-state index >= 15 is 0 Å². The molecule has 3 amide bonds. The molecule has 5 atom stereocenters. The third kappa shape index (κ3) is 8.53.